The van der Waals surface area contributed by atoms with Crippen molar-refractivity contribution in [3.8, 4) is 51.6 Å². The number of carbonyl (C=O) groups is 1. The van der Waals surface area contributed by atoms with E-state index in [1.165, 1.54) is 30.3 Å². The third-order valence-electron chi connectivity index (χ3n) is 11.0. The van der Waals surface area contributed by atoms with Crippen LogP contribution in [0.1, 0.15) is 5.56 Å². The first-order valence-corrected chi connectivity index (χ1v) is 20.0. The molecule has 3 aliphatic rings. The van der Waals surface area contributed by atoms with Gasteiger partial charge in [-0.25, -0.2) is 9.21 Å². The fourth-order valence-corrected chi connectivity index (χ4v) is 7.28. The Balaban J connectivity index is 0.00000741. The summed E-state index contributed by atoms with van der Waals surface area (Å²) in [6.07, 6.45) is -25.6. The molecule has 3 aliphatic heterocycles. The van der Waals surface area contributed by atoms with Crippen molar-refractivity contribution in [2.24, 2.45) is 0 Å². The van der Waals surface area contributed by atoms with Crippen molar-refractivity contribution in [2.45, 2.75) is 92.1 Å². The van der Waals surface area contributed by atoms with Gasteiger partial charge in [0, 0.05) is 24.3 Å². The van der Waals surface area contributed by atoms with Crippen molar-refractivity contribution in [3.63, 3.8) is 0 Å². The number of ether oxygens (including phenoxy) is 7. The molecule has 3 fully saturated rings. The molecular weight excluding hydrogens is 924 g/mol. The van der Waals surface area contributed by atoms with Gasteiger partial charge in [-0.3, -0.25) is 0 Å². The van der Waals surface area contributed by atoms with Gasteiger partial charge >= 0.3 is 17.3 Å². The molecule has 3 aromatic carbocycles. The van der Waals surface area contributed by atoms with Gasteiger partial charge < -0.3 is 122 Å². The van der Waals surface area contributed by atoms with Crippen LogP contribution in [-0.2, 0) is 28.5 Å². The highest BCUT2D eigenvalue weighted by Crippen LogP contribution is 2.44. The van der Waals surface area contributed by atoms with Crippen molar-refractivity contribution < 1.29 is 131 Å². The third kappa shape index (κ3) is 10.8. The van der Waals surface area contributed by atoms with Gasteiger partial charge in [0.2, 0.25) is 18.3 Å². The number of hydrogen-bond donors (Lipinski definition) is 15. The summed E-state index contributed by atoms with van der Waals surface area (Å²) in [5.74, 6) is -4.64. The second kappa shape index (κ2) is 21.3. The molecule has 0 bridgehead atoms. The Morgan fingerprint density at radius 2 is 1.16 bits per heavy atom. The number of esters is 1. The molecule has 0 unspecified atom stereocenters. The Bertz CT molecular complexity index is 2380. The predicted octanol–water partition coefficient (Wildman–Crippen LogP) is -5.64. The lowest BCUT2D eigenvalue weighted by Crippen LogP contribution is -3.00. The molecule has 24 nitrogen and oxygen atoms in total. The highest BCUT2D eigenvalue weighted by atomic mass is 35.5. The molecule has 1 aromatic heterocycles. The van der Waals surface area contributed by atoms with Crippen LogP contribution in [0.25, 0.3) is 28.4 Å². The Hall–Kier alpha value is -5.39. The summed E-state index contributed by atoms with van der Waals surface area (Å²) >= 11 is 0. The smallest absolute Gasteiger partial charge is 0.402 e. The van der Waals surface area contributed by atoms with E-state index in [-0.39, 0.29) is 46.0 Å². The van der Waals surface area contributed by atoms with Crippen molar-refractivity contribution >= 4 is 23.0 Å². The van der Waals surface area contributed by atoms with Crippen LogP contribution in [0.15, 0.2) is 65.1 Å². The third-order valence-corrected chi connectivity index (χ3v) is 11.0. The summed E-state index contributed by atoms with van der Waals surface area (Å²) in [5, 5.41) is 156. The summed E-state index contributed by atoms with van der Waals surface area (Å²) in [6.45, 7) is -2.47. The van der Waals surface area contributed by atoms with Gasteiger partial charge in [0.25, 0.3) is 0 Å². The van der Waals surface area contributed by atoms with Crippen LogP contribution >= 0.6 is 0 Å². The second-order valence-corrected chi connectivity index (χ2v) is 15.5. The van der Waals surface area contributed by atoms with Gasteiger partial charge in [-0.2, -0.15) is 0 Å². The fourth-order valence-electron chi connectivity index (χ4n) is 7.28. The monoisotopic (exact) mass is 970 g/mol. The number of rotatable bonds is 13. The van der Waals surface area contributed by atoms with Crippen LogP contribution < -0.4 is 21.9 Å². The van der Waals surface area contributed by atoms with Gasteiger partial charge in [-0.15, -0.1) is 0 Å². The molecule has 15 atom stereocenters. The highest BCUT2D eigenvalue weighted by molar-refractivity contribution is 5.89. The molecule has 25 heteroatoms. The minimum atomic E-state index is -2.10. The van der Waals surface area contributed by atoms with Crippen molar-refractivity contribution in [2.75, 3.05) is 19.8 Å². The maximum absolute atomic E-state index is 12.8. The number of carbonyl (C=O) groups excluding carboxylic acids is 1. The largest absolute Gasteiger partial charge is 1.00 e. The molecule has 0 spiro atoms. The number of aromatic hydroxyl groups is 5. The normalized spacial score (nSPS) is 32.1. The molecule has 15 N–H and O–H groups in total. The van der Waals surface area contributed by atoms with Crippen molar-refractivity contribution in [3.05, 3.63) is 66.2 Å². The molecule has 4 aromatic rings. The minimum absolute atomic E-state index is 0. The zero-order chi connectivity index (χ0) is 47.7. The van der Waals surface area contributed by atoms with E-state index >= 15 is 0 Å². The molecule has 366 valence electrons. The highest BCUT2D eigenvalue weighted by Gasteiger charge is 2.52. The summed E-state index contributed by atoms with van der Waals surface area (Å²) < 4.78 is 46.4. The Morgan fingerprint density at radius 3 is 1.79 bits per heavy atom. The maximum atomic E-state index is 12.8. The summed E-state index contributed by atoms with van der Waals surface area (Å²) in [4.78, 5) is 12.8. The predicted molar refractivity (Wildman–Crippen MR) is 215 cm³/mol. The summed E-state index contributed by atoms with van der Waals surface area (Å²) in [7, 11) is 0. The van der Waals surface area contributed by atoms with Gasteiger partial charge in [0.15, 0.2) is 35.4 Å². The van der Waals surface area contributed by atoms with Crippen LogP contribution in [0.3, 0.4) is 0 Å². The lowest BCUT2D eigenvalue weighted by atomic mass is 9.97. The standard InChI is InChI=1S/C42H46O24.ClH/c43-12-26-30(51)33(54)36(57)40(63-26)61-24-10-17(45)9-23-18(24)11-25(38(60-23)16-3-5-20(47)22(49)8-16)62-42-39(66-41-37(58)34(55)31(52)27(13-44)64-41)35(56)32(53)28(65-42)14-59-29(50)6-2-15-1-4-19(46)21(48)7-15;/h1-11,26-28,30-37,39-44,51-58H,12-14H2,(H4-,45,46,47,48,49,50);1H/t26-,27-,28-,30-,31-,32-,33+,34+,35+,36-,37-,39-,40-,41+,42-;/m1./s1. The van der Waals surface area contributed by atoms with Gasteiger partial charge in [-0.1, -0.05) is 6.07 Å². The number of benzene rings is 3. The van der Waals surface area contributed by atoms with Gasteiger partial charge in [-0.05, 0) is 35.9 Å². The zero-order valence-corrected chi connectivity index (χ0v) is 35.1. The molecule has 3 saturated heterocycles. The molecule has 0 radical (unpaired) electrons. The average Bonchev–Trinajstić information content (AvgIpc) is 3.29. The molecule has 4 heterocycles. The van der Waals surface area contributed by atoms with Gasteiger partial charge in [0.05, 0.1) is 24.8 Å². The SMILES string of the molecule is O=C(/C=C/c1ccc(O)c(O)c1)OC[C@H]1O[C@@H](Oc2cc3c(O[C@@H]4O[C@H](CO)[C@@H](O)[C@H](O)[C@H]4O)cc(O)cc3[o+]c2-c2ccc(O)c(O)c2)[C@H](O[C@@H]2O[C@H](CO)[C@@H](O)[C@H](O)[C@H]2O)[C@@H](O)[C@@H]1O.[Cl-]. The summed E-state index contributed by atoms with van der Waals surface area (Å²) in [5.41, 5.74) is 0.0618. The van der Waals surface area contributed by atoms with E-state index in [9.17, 15) is 81.4 Å². The average molecular weight is 971 g/mol. The van der Waals surface area contributed by atoms with E-state index in [1.54, 1.807) is 0 Å². The molecule has 0 saturated carbocycles. The Kier molecular flexibility index (Phi) is 16.2. The van der Waals surface area contributed by atoms with Crippen LogP contribution in [0, 0.1) is 0 Å². The van der Waals surface area contributed by atoms with E-state index < -0.39 is 152 Å². The van der Waals surface area contributed by atoms with E-state index in [2.05, 4.69) is 0 Å². The first kappa shape index (κ1) is 51.0. The summed E-state index contributed by atoms with van der Waals surface area (Å²) in [6, 6.07) is 10.4. The molecular formula is C42H47ClO24. The topological polar surface area (TPSA) is 396 Å². The van der Waals surface area contributed by atoms with Crippen LogP contribution in [0.4, 0.5) is 0 Å². The molecule has 0 amide bonds. The van der Waals surface area contributed by atoms with E-state index in [0.29, 0.717) is 0 Å². The quantitative estimate of drug-likeness (QED) is 0.0257. The van der Waals surface area contributed by atoms with Crippen LogP contribution in [0.5, 0.6) is 40.2 Å². The van der Waals surface area contributed by atoms with E-state index in [4.69, 9.17) is 37.6 Å². The number of hydrogen-bond acceptors (Lipinski definition) is 23. The number of phenols is 5. The fraction of sp³-hybridized carbons (Fsp3) is 0.429. The van der Waals surface area contributed by atoms with Crippen LogP contribution in [-0.4, -0.2) is 195 Å². The maximum Gasteiger partial charge on any atom is 0.402 e. The van der Waals surface area contributed by atoms with E-state index in [0.717, 1.165) is 36.4 Å². The van der Waals surface area contributed by atoms with Crippen LogP contribution in [0.2, 0.25) is 0 Å². The Morgan fingerprint density at radius 1 is 0.597 bits per heavy atom. The Labute approximate surface area is 383 Å². The second-order valence-electron chi connectivity index (χ2n) is 15.5. The van der Waals surface area contributed by atoms with Crippen molar-refractivity contribution in [1.82, 2.24) is 0 Å². The van der Waals surface area contributed by atoms with Crippen molar-refractivity contribution in [1.29, 1.82) is 0 Å². The number of aliphatic hydroxyl groups is 10. The zero-order valence-electron chi connectivity index (χ0n) is 34.4. The molecule has 67 heavy (non-hydrogen) atoms. The molecule has 0 aliphatic carbocycles. The minimum Gasteiger partial charge on any atom is -1.00 e. The lowest BCUT2D eigenvalue weighted by molar-refractivity contribution is -0.357. The number of phenolic OH excluding ortho intramolecular Hbond substituents is 5. The first-order chi connectivity index (χ1) is 31.4. The number of fused-ring (bicyclic) bond motifs is 1. The lowest BCUT2D eigenvalue weighted by Gasteiger charge is -2.45. The molecule has 7 rings (SSSR count). The van der Waals surface area contributed by atoms with Gasteiger partial charge in [0.1, 0.15) is 90.6 Å². The number of aliphatic hydroxyl groups excluding tert-OH is 10. The number of halogens is 1. The first-order valence-electron chi connectivity index (χ1n) is 20.0. The van der Waals surface area contributed by atoms with E-state index in [1.807, 2.05) is 0 Å².